The molecular weight excluding hydrogens is 317 g/mol. The number of nitrogens with zero attached hydrogens (tertiary/aromatic N) is 1. The number of carbonyl (C=O) groups excluding carboxylic acids is 1. The van der Waals surface area contributed by atoms with Gasteiger partial charge in [-0.05, 0) is 18.6 Å². The van der Waals surface area contributed by atoms with Crippen LogP contribution in [0.2, 0.25) is 5.02 Å². The van der Waals surface area contributed by atoms with Crippen molar-refractivity contribution in [3.63, 3.8) is 0 Å². The van der Waals surface area contributed by atoms with E-state index in [1.54, 1.807) is 0 Å². The summed E-state index contributed by atoms with van der Waals surface area (Å²) in [6.07, 6.45) is 2.68. The zero-order chi connectivity index (χ0) is 15.1. The average molecular weight is 336 g/mol. The molecule has 0 fully saturated rings. The van der Waals surface area contributed by atoms with Gasteiger partial charge in [-0.15, -0.1) is 12.4 Å². The fraction of sp³-hybridized carbons (Fsp3) is 0.462. The molecule has 0 aliphatic heterocycles. The maximum absolute atomic E-state index is 12.1. The predicted octanol–water partition coefficient (Wildman–Crippen LogP) is 2.92. The first-order valence-electron chi connectivity index (χ1n) is 6.44. The molecule has 1 amide bonds. The van der Waals surface area contributed by atoms with Crippen LogP contribution in [0.15, 0.2) is 18.2 Å². The molecule has 1 aromatic rings. The molecule has 8 heteroatoms. The Balaban J connectivity index is 0.00000400. The van der Waals surface area contributed by atoms with Crippen molar-refractivity contribution in [2.45, 2.75) is 32.2 Å². The first kappa shape index (κ1) is 19.6. The Morgan fingerprint density at radius 3 is 2.71 bits per heavy atom. The van der Waals surface area contributed by atoms with Gasteiger partial charge < -0.3 is 11.1 Å². The van der Waals surface area contributed by atoms with Gasteiger partial charge in [0.15, 0.2) is 0 Å². The van der Waals surface area contributed by atoms with E-state index in [1.165, 1.54) is 18.2 Å². The van der Waals surface area contributed by atoms with Gasteiger partial charge in [-0.1, -0.05) is 31.4 Å². The Kier molecular flexibility index (Phi) is 8.92. The zero-order valence-corrected chi connectivity index (χ0v) is 13.2. The van der Waals surface area contributed by atoms with Crippen LogP contribution < -0.4 is 11.1 Å². The third-order valence-electron chi connectivity index (χ3n) is 2.93. The molecule has 1 unspecified atom stereocenters. The van der Waals surface area contributed by atoms with Gasteiger partial charge >= 0.3 is 0 Å². The third-order valence-corrected chi connectivity index (χ3v) is 3.16. The van der Waals surface area contributed by atoms with E-state index in [0.717, 1.165) is 19.3 Å². The minimum Gasteiger partial charge on any atom is -0.348 e. The lowest BCUT2D eigenvalue weighted by Crippen LogP contribution is -2.40. The number of carbonyl (C=O) groups is 1. The summed E-state index contributed by atoms with van der Waals surface area (Å²) in [6.45, 7) is 2.34. The van der Waals surface area contributed by atoms with Crippen LogP contribution in [0.5, 0.6) is 0 Å². The van der Waals surface area contributed by atoms with E-state index in [9.17, 15) is 14.9 Å². The van der Waals surface area contributed by atoms with Crippen LogP contribution >= 0.6 is 24.0 Å². The molecule has 118 valence electrons. The second kappa shape index (κ2) is 9.55. The van der Waals surface area contributed by atoms with E-state index in [0.29, 0.717) is 6.54 Å². The zero-order valence-electron chi connectivity index (χ0n) is 11.7. The van der Waals surface area contributed by atoms with Crippen molar-refractivity contribution in [3.05, 3.63) is 38.9 Å². The highest BCUT2D eigenvalue weighted by molar-refractivity contribution is 6.31. The van der Waals surface area contributed by atoms with Crippen LogP contribution in [0.3, 0.4) is 0 Å². The summed E-state index contributed by atoms with van der Waals surface area (Å²) in [5.41, 5.74) is 5.28. The number of amides is 1. The molecule has 21 heavy (non-hydrogen) atoms. The fourth-order valence-electron chi connectivity index (χ4n) is 1.81. The van der Waals surface area contributed by atoms with Gasteiger partial charge in [0, 0.05) is 23.7 Å². The van der Waals surface area contributed by atoms with E-state index >= 15 is 0 Å². The SMILES string of the molecule is CCCCC(CN)NC(=O)c1ccc(Cl)cc1[N+](=O)[O-].Cl. The fourth-order valence-corrected chi connectivity index (χ4v) is 1.98. The van der Waals surface area contributed by atoms with Gasteiger partial charge in [-0.3, -0.25) is 14.9 Å². The molecule has 1 rings (SSSR count). The van der Waals surface area contributed by atoms with Gasteiger partial charge in [0.2, 0.25) is 0 Å². The number of hydrogen-bond donors (Lipinski definition) is 2. The van der Waals surface area contributed by atoms with Gasteiger partial charge in [0.1, 0.15) is 5.56 Å². The number of nitro groups is 1. The summed E-state index contributed by atoms with van der Waals surface area (Å²) in [4.78, 5) is 22.4. The van der Waals surface area contributed by atoms with Gasteiger partial charge in [-0.2, -0.15) is 0 Å². The lowest BCUT2D eigenvalue weighted by molar-refractivity contribution is -0.385. The maximum atomic E-state index is 12.1. The number of hydrogen-bond acceptors (Lipinski definition) is 4. The topological polar surface area (TPSA) is 98.3 Å². The summed E-state index contributed by atoms with van der Waals surface area (Å²) >= 11 is 5.71. The number of rotatable bonds is 7. The monoisotopic (exact) mass is 335 g/mol. The van der Waals surface area contributed by atoms with Gasteiger partial charge in [0.25, 0.3) is 11.6 Å². The average Bonchev–Trinajstić information content (AvgIpc) is 2.42. The highest BCUT2D eigenvalue weighted by atomic mass is 35.5. The second-order valence-electron chi connectivity index (χ2n) is 4.47. The smallest absolute Gasteiger partial charge is 0.283 e. The molecule has 0 spiro atoms. The summed E-state index contributed by atoms with van der Waals surface area (Å²) in [5.74, 6) is -0.500. The molecule has 0 radical (unpaired) electrons. The third kappa shape index (κ3) is 5.87. The minimum absolute atomic E-state index is 0. The predicted molar refractivity (Wildman–Crippen MR) is 85.2 cm³/mol. The molecule has 1 aromatic carbocycles. The maximum Gasteiger partial charge on any atom is 0.283 e. The van der Waals surface area contributed by atoms with Crippen molar-refractivity contribution in [1.29, 1.82) is 0 Å². The number of nitrogens with one attached hydrogen (secondary N) is 1. The molecule has 1 atom stereocenters. The Bertz CT molecular complexity index is 498. The Hall–Kier alpha value is -1.37. The summed E-state index contributed by atoms with van der Waals surface area (Å²) in [7, 11) is 0. The van der Waals surface area contributed by atoms with Crippen molar-refractivity contribution in [2.24, 2.45) is 5.73 Å². The minimum atomic E-state index is -0.621. The Labute approximate surface area is 134 Å². The molecule has 0 bridgehead atoms. The van der Waals surface area contributed by atoms with Gasteiger partial charge in [0.05, 0.1) is 4.92 Å². The Morgan fingerprint density at radius 2 is 2.19 bits per heavy atom. The molecule has 3 N–H and O–H groups in total. The lowest BCUT2D eigenvalue weighted by Gasteiger charge is -2.16. The van der Waals surface area contributed by atoms with Crippen LogP contribution in [0.4, 0.5) is 5.69 Å². The summed E-state index contributed by atoms with van der Waals surface area (Å²) in [6, 6.07) is 3.79. The van der Waals surface area contributed by atoms with Crippen molar-refractivity contribution in [3.8, 4) is 0 Å². The largest absolute Gasteiger partial charge is 0.348 e. The first-order chi connectivity index (χ1) is 9.49. The van der Waals surface area contributed by atoms with Crippen LogP contribution in [-0.4, -0.2) is 23.4 Å². The molecule has 0 saturated carbocycles. The number of benzene rings is 1. The molecule has 0 aliphatic carbocycles. The van der Waals surface area contributed by atoms with Crippen LogP contribution in [0.1, 0.15) is 36.5 Å². The van der Waals surface area contributed by atoms with Crippen molar-refractivity contribution in [1.82, 2.24) is 5.32 Å². The van der Waals surface area contributed by atoms with Crippen molar-refractivity contribution in [2.75, 3.05) is 6.54 Å². The molecule has 0 saturated heterocycles. The summed E-state index contributed by atoms with van der Waals surface area (Å²) < 4.78 is 0. The second-order valence-corrected chi connectivity index (χ2v) is 4.90. The molecule has 0 heterocycles. The standard InChI is InChI=1S/C13H18ClN3O3.ClH/c1-2-3-4-10(8-15)16-13(18)11-6-5-9(14)7-12(11)17(19)20;/h5-7,10H,2-4,8,15H2,1H3,(H,16,18);1H. The highest BCUT2D eigenvalue weighted by Gasteiger charge is 2.22. The van der Waals surface area contributed by atoms with E-state index in [4.69, 9.17) is 17.3 Å². The molecule has 6 nitrogen and oxygen atoms in total. The quantitative estimate of drug-likeness (QED) is 0.591. The number of halogens is 2. The van der Waals surface area contributed by atoms with Crippen LogP contribution in [-0.2, 0) is 0 Å². The van der Waals surface area contributed by atoms with E-state index in [2.05, 4.69) is 5.32 Å². The van der Waals surface area contributed by atoms with E-state index in [1.807, 2.05) is 6.92 Å². The summed E-state index contributed by atoms with van der Waals surface area (Å²) in [5, 5.41) is 13.9. The number of nitro benzene ring substituents is 1. The van der Waals surface area contributed by atoms with Gasteiger partial charge in [-0.25, -0.2) is 0 Å². The highest BCUT2D eigenvalue weighted by Crippen LogP contribution is 2.23. The Morgan fingerprint density at radius 1 is 1.52 bits per heavy atom. The van der Waals surface area contributed by atoms with Crippen LogP contribution in [0, 0.1) is 10.1 Å². The van der Waals surface area contributed by atoms with Crippen LogP contribution in [0.25, 0.3) is 0 Å². The first-order valence-corrected chi connectivity index (χ1v) is 6.82. The lowest BCUT2D eigenvalue weighted by atomic mass is 10.1. The van der Waals surface area contributed by atoms with E-state index in [-0.39, 0.29) is 34.7 Å². The molecular formula is C13H19Cl2N3O3. The number of unbranched alkanes of at least 4 members (excludes halogenated alkanes) is 1. The van der Waals surface area contributed by atoms with Crippen molar-refractivity contribution >= 4 is 35.6 Å². The van der Waals surface area contributed by atoms with E-state index < -0.39 is 10.8 Å². The molecule has 0 aromatic heterocycles. The van der Waals surface area contributed by atoms with Crippen molar-refractivity contribution < 1.29 is 9.72 Å². The molecule has 0 aliphatic rings. The number of nitrogens with two attached hydrogens (primary N) is 1. The normalized spacial score (nSPS) is 11.4.